The molecule has 9 heteroatoms. The van der Waals surface area contributed by atoms with Gasteiger partial charge in [0.15, 0.2) is 0 Å². The van der Waals surface area contributed by atoms with Gasteiger partial charge < -0.3 is 4.74 Å². The first-order chi connectivity index (χ1) is 11.6. The second-order valence-corrected chi connectivity index (χ2v) is 8.64. The van der Waals surface area contributed by atoms with Gasteiger partial charge in [0.2, 0.25) is 10.0 Å². The number of hydrogen-bond donors (Lipinski definition) is 0. The lowest BCUT2D eigenvalue weighted by molar-refractivity contribution is 0.0473. The molecule has 0 fully saturated rings. The van der Waals surface area contributed by atoms with Crippen LogP contribution in [-0.4, -0.2) is 32.8 Å². The van der Waals surface area contributed by atoms with Crippen molar-refractivity contribution in [2.75, 3.05) is 14.1 Å². The highest BCUT2D eigenvalue weighted by atomic mass is 35.5. The minimum atomic E-state index is -3.70. The normalized spacial score (nSPS) is 11.6. The summed E-state index contributed by atoms with van der Waals surface area (Å²) in [7, 11) is -0.910. The van der Waals surface area contributed by atoms with Gasteiger partial charge >= 0.3 is 5.97 Å². The smallest absolute Gasteiger partial charge is 0.340 e. The van der Waals surface area contributed by atoms with Gasteiger partial charge in [-0.05, 0) is 30.3 Å². The summed E-state index contributed by atoms with van der Waals surface area (Å²) in [5, 5.41) is 0.907. The third-order valence-corrected chi connectivity index (χ3v) is 6.04. The van der Waals surface area contributed by atoms with Crippen molar-refractivity contribution in [3.63, 3.8) is 0 Å². The van der Waals surface area contributed by atoms with Crippen LogP contribution in [0.5, 0.6) is 0 Å². The molecule has 2 rings (SSSR count). The van der Waals surface area contributed by atoms with E-state index in [2.05, 4.69) is 0 Å². The SMILES string of the molecule is CN(C)S(=O)(=O)c1ccc(Cl)c(C(=O)OCc2ccc(Cl)cc2Cl)c1. The lowest BCUT2D eigenvalue weighted by Crippen LogP contribution is -2.22. The summed E-state index contributed by atoms with van der Waals surface area (Å²) in [5.74, 6) is -0.758. The largest absolute Gasteiger partial charge is 0.457 e. The molecular formula is C16H14Cl3NO4S. The molecule has 0 aliphatic heterocycles. The number of benzene rings is 2. The number of carbonyl (C=O) groups excluding carboxylic acids is 1. The predicted octanol–water partition coefficient (Wildman–Crippen LogP) is 4.25. The second-order valence-electron chi connectivity index (χ2n) is 5.24. The molecule has 0 saturated carbocycles. The molecule has 0 unspecified atom stereocenters. The van der Waals surface area contributed by atoms with Crippen molar-refractivity contribution >= 4 is 50.8 Å². The summed E-state index contributed by atoms with van der Waals surface area (Å²) >= 11 is 17.8. The van der Waals surface area contributed by atoms with Gasteiger partial charge in [-0.1, -0.05) is 40.9 Å². The molecule has 0 radical (unpaired) electrons. The molecule has 0 aliphatic rings. The van der Waals surface area contributed by atoms with E-state index >= 15 is 0 Å². The molecule has 2 aromatic carbocycles. The van der Waals surface area contributed by atoms with E-state index in [9.17, 15) is 13.2 Å². The lowest BCUT2D eigenvalue weighted by atomic mass is 10.2. The Balaban J connectivity index is 2.24. The minimum Gasteiger partial charge on any atom is -0.457 e. The van der Waals surface area contributed by atoms with E-state index in [1.165, 1.54) is 38.4 Å². The van der Waals surface area contributed by atoms with Crippen LogP contribution in [-0.2, 0) is 21.4 Å². The van der Waals surface area contributed by atoms with Gasteiger partial charge in [0, 0.05) is 29.7 Å². The van der Waals surface area contributed by atoms with Crippen molar-refractivity contribution in [2.24, 2.45) is 0 Å². The van der Waals surface area contributed by atoms with Gasteiger partial charge in [0.1, 0.15) is 6.61 Å². The number of esters is 1. The van der Waals surface area contributed by atoms with Crippen molar-refractivity contribution in [2.45, 2.75) is 11.5 Å². The van der Waals surface area contributed by atoms with Crippen molar-refractivity contribution in [1.82, 2.24) is 4.31 Å². The molecule has 0 heterocycles. The average Bonchev–Trinajstić information content (AvgIpc) is 2.53. The molecule has 0 N–H and O–H groups in total. The number of halogens is 3. The van der Waals surface area contributed by atoms with Crippen LogP contribution < -0.4 is 0 Å². The Morgan fingerprint density at radius 3 is 2.32 bits per heavy atom. The molecule has 0 atom stereocenters. The van der Waals surface area contributed by atoms with Crippen LogP contribution in [0.3, 0.4) is 0 Å². The van der Waals surface area contributed by atoms with E-state index in [1.54, 1.807) is 12.1 Å². The molecule has 0 aliphatic carbocycles. The molecule has 2 aromatic rings. The number of rotatable bonds is 5. The fourth-order valence-electron chi connectivity index (χ4n) is 1.89. The Hall–Kier alpha value is -1.31. The second kappa shape index (κ2) is 7.93. The third-order valence-electron chi connectivity index (χ3n) is 3.31. The van der Waals surface area contributed by atoms with Crippen LogP contribution in [0.25, 0.3) is 0 Å². The molecule has 134 valence electrons. The van der Waals surface area contributed by atoms with Crippen molar-refractivity contribution in [3.8, 4) is 0 Å². The Morgan fingerprint density at radius 1 is 1.04 bits per heavy atom. The van der Waals surface area contributed by atoms with Crippen LogP contribution in [0, 0.1) is 0 Å². The Labute approximate surface area is 161 Å². The highest BCUT2D eigenvalue weighted by Crippen LogP contribution is 2.25. The van der Waals surface area contributed by atoms with E-state index < -0.39 is 16.0 Å². The summed E-state index contributed by atoms with van der Waals surface area (Å²) in [6, 6.07) is 8.63. The first-order valence-electron chi connectivity index (χ1n) is 6.96. The maximum atomic E-state index is 12.3. The fourth-order valence-corrected chi connectivity index (χ4v) is 3.48. The first kappa shape index (κ1) is 20.0. The average molecular weight is 423 g/mol. The van der Waals surface area contributed by atoms with Crippen molar-refractivity contribution in [3.05, 3.63) is 62.6 Å². The Kier molecular flexibility index (Phi) is 6.35. The van der Waals surface area contributed by atoms with Crippen LogP contribution in [0.2, 0.25) is 15.1 Å². The zero-order valence-electron chi connectivity index (χ0n) is 13.3. The molecule has 0 saturated heterocycles. The molecular weight excluding hydrogens is 409 g/mol. The molecule has 0 bridgehead atoms. The molecule has 0 amide bonds. The number of carbonyl (C=O) groups is 1. The van der Waals surface area contributed by atoms with E-state index in [0.717, 1.165) is 4.31 Å². The van der Waals surface area contributed by atoms with Crippen LogP contribution >= 0.6 is 34.8 Å². The van der Waals surface area contributed by atoms with Gasteiger partial charge in [-0.25, -0.2) is 17.5 Å². The van der Waals surface area contributed by atoms with Crippen molar-refractivity contribution in [1.29, 1.82) is 0 Å². The van der Waals surface area contributed by atoms with Crippen LogP contribution in [0.15, 0.2) is 41.3 Å². The summed E-state index contributed by atoms with van der Waals surface area (Å²) in [6.07, 6.45) is 0. The highest BCUT2D eigenvalue weighted by Gasteiger charge is 2.21. The number of nitrogens with zero attached hydrogens (tertiary/aromatic N) is 1. The monoisotopic (exact) mass is 421 g/mol. The zero-order valence-corrected chi connectivity index (χ0v) is 16.4. The van der Waals surface area contributed by atoms with E-state index in [1.807, 2.05) is 0 Å². The number of ether oxygens (including phenoxy) is 1. The van der Waals surface area contributed by atoms with E-state index in [-0.39, 0.29) is 22.1 Å². The Morgan fingerprint density at radius 2 is 1.72 bits per heavy atom. The van der Waals surface area contributed by atoms with Gasteiger partial charge in [0.05, 0.1) is 15.5 Å². The van der Waals surface area contributed by atoms with E-state index in [0.29, 0.717) is 15.6 Å². The lowest BCUT2D eigenvalue weighted by Gasteiger charge is -2.13. The Bertz CT molecular complexity index is 914. The molecule has 0 aromatic heterocycles. The van der Waals surface area contributed by atoms with E-state index in [4.69, 9.17) is 39.5 Å². The van der Waals surface area contributed by atoms with Gasteiger partial charge in [-0.15, -0.1) is 0 Å². The van der Waals surface area contributed by atoms with Gasteiger partial charge in [-0.3, -0.25) is 0 Å². The number of sulfonamides is 1. The zero-order chi connectivity index (χ0) is 18.8. The quantitative estimate of drug-likeness (QED) is 0.676. The molecule has 5 nitrogen and oxygen atoms in total. The maximum absolute atomic E-state index is 12.3. The standard InChI is InChI=1S/C16H14Cl3NO4S/c1-20(2)25(22,23)12-5-6-14(18)13(8-12)16(21)24-9-10-3-4-11(17)7-15(10)19/h3-8H,9H2,1-2H3. The minimum absolute atomic E-state index is 0.0466. The summed E-state index contributed by atoms with van der Waals surface area (Å²) < 4.78 is 30.6. The highest BCUT2D eigenvalue weighted by molar-refractivity contribution is 7.89. The molecule has 25 heavy (non-hydrogen) atoms. The van der Waals surface area contributed by atoms with Crippen molar-refractivity contribution < 1.29 is 17.9 Å². The van der Waals surface area contributed by atoms with Crippen LogP contribution in [0.4, 0.5) is 0 Å². The predicted molar refractivity (Wildman–Crippen MR) is 97.9 cm³/mol. The first-order valence-corrected chi connectivity index (χ1v) is 9.53. The van der Waals surface area contributed by atoms with Gasteiger partial charge in [0.25, 0.3) is 0 Å². The summed E-state index contributed by atoms with van der Waals surface area (Å²) in [5.41, 5.74) is 0.516. The molecule has 0 spiro atoms. The van der Waals surface area contributed by atoms with Crippen LogP contribution in [0.1, 0.15) is 15.9 Å². The third kappa shape index (κ3) is 4.65. The fraction of sp³-hybridized carbons (Fsp3) is 0.188. The topological polar surface area (TPSA) is 63.7 Å². The summed E-state index contributed by atoms with van der Waals surface area (Å²) in [6.45, 7) is -0.101. The summed E-state index contributed by atoms with van der Waals surface area (Å²) in [4.78, 5) is 12.2. The number of hydrogen-bond acceptors (Lipinski definition) is 4. The maximum Gasteiger partial charge on any atom is 0.340 e. The van der Waals surface area contributed by atoms with Gasteiger partial charge in [-0.2, -0.15) is 0 Å².